The zero-order chi connectivity index (χ0) is 30.7. The van der Waals surface area contributed by atoms with Crippen LogP contribution in [0.1, 0.15) is 39.4 Å². The molecule has 4 aromatic rings. The molecule has 2 aliphatic rings. The number of carbonyl (C=O) groups is 2. The van der Waals surface area contributed by atoms with Crippen molar-refractivity contribution in [1.29, 1.82) is 0 Å². The zero-order valence-corrected chi connectivity index (χ0v) is 24.9. The van der Waals surface area contributed by atoms with Gasteiger partial charge in [0.05, 0.1) is 24.0 Å². The highest BCUT2D eigenvalue weighted by Gasteiger charge is 2.48. The third-order valence-corrected chi connectivity index (χ3v) is 8.43. The molecule has 3 aromatic carbocycles. The highest BCUT2D eigenvalue weighted by atomic mass is 35.5. The van der Waals surface area contributed by atoms with Gasteiger partial charge < -0.3 is 14.6 Å². The van der Waals surface area contributed by atoms with E-state index in [0.29, 0.717) is 40.7 Å². The summed E-state index contributed by atoms with van der Waals surface area (Å²) in [4.78, 5) is 26.1. The molecule has 43 heavy (non-hydrogen) atoms. The Balaban J connectivity index is 0.00000180. The molecule has 10 heteroatoms. The molecule has 220 valence electrons. The molecular formula is C33H29Cl2N3O5. The molecule has 0 saturated heterocycles. The number of nitrogens with zero attached hydrogens (tertiary/aromatic N) is 3. The van der Waals surface area contributed by atoms with Crippen molar-refractivity contribution < 1.29 is 24.2 Å². The Kier molecular flexibility index (Phi) is 8.95. The van der Waals surface area contributed by atoms with Crippen LogP contribution in [0.4, 0.5) is 10.5 Å². The predicted molar refractivity (Wildman–Crippen MR) is 166 cm³/mol. The fourth-order valence-electron chi connectivity index (χ4n) is 5.41. The van der Waals surface area contributed by atoms with Gasteiger partial charge in [-0.2, -0.15) is 5.10 Å². The highest BCUT2D eigenvalue weighted by Crippen LogP contribution is 2.57. The number of carboxylic acid groups (broad SMARTS) is 1. The molecule has 2 unspecified atom stereocenters. The third-order valence-electron chi connectivity index (χ3n) is 7.67. The Morgan fingerprint density at radius 1 is 1.07 bits per heavy atom. The van der Waals surface area contributed by atoms with Gasteiger partial charge in [0.1, 0.15) is 19.0 Å². The Bertz CT molecular complexity index is 1700. The topological polar surface area (TPSA) is 93.9 Å². The van der Waals surface area contributed by atoms with Gasteiger partial charge in [-0.1, -0.05) is 47.5 Å². The number of carboxylic acids is 1. The van der Waals surface area contributed by atoms with Gasteiger partial charge in [0.2, 0.25) is 0 Å². The first-order chi connectivity index (χ1) is 20.8. The van der Waals surface area contributed by atoms with E-state index in [1.165, 1.54) is 12.1 Å². The summed E-state index contributed by atoms with van der Waals surface area (Å²) in [5, 5.41) is 14.7. The fraction of sp³-hybridized carbons (Fsp3) is 0.242. The van der Waals surface area contributed by atoms with Gasteiger partial charge in [-0.05, 0) is 72.2 Å². The van der Waals surface area contributed by atoms with Crippen LogP contribution in [0.3, 0.4) is 0 Å². The van der Waals surface area contributed by atoms with Crippen molar-refractivity contribution in [2.24, 2.45) is 5.92 Å². The van der Waals surface area contributed by atoms with E-state index in [1.54, 1.807) is 27.9 Å². The Labute approximate surface area is 259 Å². The van der Waals surface area contributed by atoms with Crippen LogP contribution in [0.25, 0.3) is 11.1 Å². The molecule has 1 aliphatic heterocycles. The van der Waals surface area contributed by atoms with Crippen molar-refractivity contribution in [3.8, 4) is 29.7 Å². The normalized spacial score (nSPS) is 16.3. The number of terminal acetylenes is 1. The number of halogens is 2. The summed E-state index contributed by atoms with van der Waals surface area (Å²) < 4.78 is 13.2. The van der Waals surface area contributed by atoms with Crippen LogP contribution in [0.2, 0.25) is 10.0 Å². The summed E-state index contributed by atoms with van der Waals surface area (Å²) in [6, 6.07) is 16.1. The van der Waals surface area contributed by atoms with Crippen LogP contribution in [-0.4, -0.2) is 46.7 Å². The van der Waals surface area contributed by atoms with Gasteiger partial charge in [0.15, 0.2) is 0 Å². The van der Waals surface area contributed by atoms with E-state index >= 15 is 0 Å². The minimum Gasteiger partial charge on any atom is -0.490 e. The second-order valence-electron chi connectivity index (χ2n) is 10.3. The Morgan fingerprint density at radius 2 is 1.86 bits per heavy atom. The van der Waals surface area contributed by atoms with Crippen molar-refractivity contribution in [3.63, 3.8) is 0 Å². The van der Waals surface area contributed by atoms with E-state index in [4.69, 9.17) is 32.7 Å². The second-order valence-corrected chi connectivity index (χ2v) is 11.1. The smallest absolute Gasteiger partial charge is 0.414 e. The van der Waals surface area contributed by atoms with Gasteiger partial charge in [0.25, 0.3) is 0 Å². The maximum Gasteiger partial charge on any atom is 0.414 e. The molecule has 1 amide bonds. The standard InChI is InChI=1S/C31H27Cl2N3O5.C2H2/c1-18-25(32)5-3-7-28(18)40-10-11-41-31(39)36-17-21-12-24(21)29-23(4-2-6-27(29)36)22-14-34-35(16-22)15-20-9-8-19(30(37)38)13-26(20)33;1-2/h2-9,13-14,16,21,24H,10-12,15,17H2,1H3,(H,37,38);1-2H. The van der Waals surface area contributed by atoms with Crippen molar-refractivity contribution >= 4 is 41.0 Å². The lowest BCUT2D eigenvalue weighted by molar-refractivity contribution is 0.0696. The Morgan fingerprint density at radius 3 is 2.63 bits per heavy atom. The van der Waals surface area contributed by atoms with Crippen molar-refractivity contribution in [1.82, 2.24) is 9.78 Å². The molecule has 2 atom stereocenters. The lowest BCUT2D eigenvalue weighted by Crippen LogP contribution is -2.37. The lowest BCUT2D eigenvalue weighted by atomic mass is 9.93. The molecule has 1 N–H and O–H groups in total. The minimum atomic E-state index is -1.02. The summed E-state index contributed by atoms with van der Waals surface area (Å²) >= 11 is 12.5. The van der Waals surface area contributed by atoms with Crippen LogP contribution in [0, 0.1) is 25.7 Å². The average Bonchev–Trinajstić information content (AvgIpc) is 3.66. The number of aromatic nitrogens is 2. The van der Waals surface area contributed by atoms with E-state index < -0.39 is 12.1 Å². The summed E-state index contributed by atoms with van der Waals surface area (Å²) in [6.07, 6.45) is 12.4. The van der Waals surface area contributed by atoms with Gasteiger partial charge >= 0.3 is 12.1 Å². The molecule has 1 fully saturated rings. The third kappa shape index (κ3) is 6.34. The van der Waals surface area contributed by atoms with Gasteiger partial charge in [-0.3, -0.25) is 9.58 Å². The summed E-state index contributed by atoms with van der Waals surface area (Å²) in [6.45, 7) is 3.25. The molecule has 0 radical (unpaired) electrons. The quantitative estimate of drug-likeness (QED) is 0.165. The van der Waals surface area contributed by atoms with Crippen molar-refractivity contribution in [3.05, 3.63) is 99.3 Å². The number of ether oxygens (including phenoxy) is 2. The molecule has 0 spiro atoms. The van der Waals surface area contributed by atoms with E-state index in [9.17, 15) is 14.7 Å². The number of rotatable bonds is 8. The second kappa shape index (κ2) is 12.8. The first-order valence-corrected chi connectivity index (χ1v) is 14.4. The molecule has 0 bridgehead atoms. The van der Waals surface area contributed by atoms with Crippen molar-refractivity contribution in [2.45, 2.75) is 25.8 Å². The minimum absolute atomic E-state index is 0.118. The van der Waals surface area contributed by atoms with Crippen LogP contribution in [-0.2, 0) is 11.3 Å². The molecule has 1 saturated carbocycles. The fourth-order valence-corrected chi connectivity index (χ4v) is 5.82. The first kappa shape index (κ1) is 30.0. The van der Waals surface area contributed by atoms with E-state index in [0.717, 1.165) is 39.9 Å². The van der Waals surface area contributed by atoms with Crippen LogP contribution in [0.15, 0.2) is 67.0 Å². The molecule has 1 aliphatic carbocycles. The number of aromatic carboxylic acids is 1. The van der Waals surface area contributed by atoms with Crippen LogP contribution < -0.4 is 9.64 Å². The number of fused-ring (bicyclic) bond motifs is 3. The number of amides is 1. The monoisotopic (exact) mass is 617 g/mol. The van der Waals surface area contributed by atoms with E-state index in [1.807, 2.05) is 37.4 Å². The number of anilines is 1. The highest BCUT2D eigenvalue weighted by molar-refractivity contribution is 6.32. The summed E-state index contributed by atoms with van der Waals surface area (Å²) in [5.74, 6) is 0.428. The average molecular weight is 619 g/mol. The SMILES string of the molecule is C#C.Cc1c(Cl)cccc1OCCOC(=O)N1CC2CC2c2c(-c3cnn(Cc4ccc(C(=O)O)cc4Cl)c3)cccc21. The maximum atomic E-state index is 13.2. The largest absolute Gasteiger partial charge is 0.490 e. The molecule has 1 aromatic heterocycles. The first-order valence-electron chi connectivity index (χ1n) is 13.6. The van der Waals surface area contributed by atoms with Gasteiger partial charge in [-0.25, -0.2) is 9.59 Å². The summed E-state index contributed by atoms with van der Waals surface area (Å²) in [7, 11) is 0. The molecule has 2 heterocycles. The van der Waals surface area contributed by atoms with Gasteiger partial charge in [0, 0.05) is 33.9 Å². The molecule has 8 nitrogen and oxygen atoms in total. The molecule has 6 rings (SSSR count). The van der Waals surface area contributed by atoms with Crippen molar-refractivity contribution in [2.75, 3.05) is 24.7 Å². The number of carbonyl (C=O) groups excluding carboxylic acids is 1. The summed E-state index contributed by atoms with van der Waals surface area (Å²) in [5.41, 5.74) is 5.72. The van der Waals surface area contributed by atoms with E-state index in [2.05, 4.69) is 24.0 Å². The predicted octanol–water partition coefficient (Wildman–Crippen LogP) is 7.30. The lowest BCUT2D eigenvalue weighted by Gasteiger charge is -2.29. The van der Waals surface area contributed by atoms with Crippen LogP contribution >= 0.6 is 23.2 Å². The van der Waals surface area contributed by atoms with E-state index in [-0.39, 0.29) is 18.8 Å². The maximum absolute atomic E-state index is 13.2. The number of hydrogen-bond donors (Lipinski definition) is 1. The number of benzene rings is 3. The van der Waals surface area contributed by atoms with Crippen LogP contribution in [0.5, 0.6) is 5.75 Å². The zero-order valence-electron chi connectivity index (χ0n) is 23.4. The van der Waals surface area contributed by atoms with Gasteiger partial charge in [-0.15, -0.1) is 12.8 Å². The molecular weight excluding hydrogens is 589 g/mol. The Hall–Kier alpha value is -4.45. The number of hydrogen-bond acceptors (Lipinski definition) is 5.